The summed E-state index contributed by atoms with van der Waals surface area (Å²) in [6.45, 7) is -0.182. The molecular weight excluding hydrogens is 404 g/mol. The second-order valence-electron chi connectivity index (χ2n) is 7.91. The Morgan fingerprint density at radius 2 is 1.69 bits per heavy atom. The van der Waals surface area contributed by atoms with Gasteiger partial charge in [0.2, 0.25) is 5.91 Å². The van der Waals surface area contributed by atoms with Crippen LogP contribution in [0.5, 0.6) is 0 Å². The lowest BCUT2D eigenvalue weighted by Gasteiger charge is -2.40. The van der Waals surface area contributed by atoms with Gasteiger partial charge in [-0.3, -0.25) is 19.3 Å². The number of nitrogens with one attached hydrogen (secondary N) is 2. The van der Waals surface area contributed by atoms with E-state index in [9.17, 15) is 14.4 Å². The van der Waals surface area contributed by atoms with Crippen molar-refractivity contribution in [2.45, 2.75) is 6.17 Å². The van der Waals surface area contributed by atoms with Gasteiger partial charge in [-0.25, -0.2) is 0 Å². The molecule has 0 bridgehead atoms. The molecule has 3 amide bonds. The number of benzene rings is 3. The van der Waals surface area contributed by atoms with E-state index in [1.807, 2.05) is 42.6 Å². The maximum atomic E-state index is 13.4. The fourth-order valence-corrected chi connectivity index (χ4v) is 4.61. The number of amides is 3. The Labute approximate surface area is 183 Å². The van der Waals surface area contributed by atoms with Crippen LogP contribution in [-0.4, -0.2) is 34.2 Å². The first kappa shape index (κ1) is 18.4. The first-order chi connectivity index (χ1) is 15.6. The van der Waals surface area contributed by atoms with E-state index < -0.39 is 6.17 Å². The summed E-state index contributed by atoms with van der Waals surface area (Å²) in [4.78, 5) is 45.8. The third-order valence-electron chi connectivity index (χ3n) is 6.04. The van der Waals surface area contributed by atoms with Gasteiger partial charge in [0.1, 0.15) is 12.7 Å². The van der Waals surface area contributed by atoms with Crippen LogP contribution in [0, 0.1) is 0 Å². The van der Waals surface area contributed by atoms with Gasteiger partial charge in [0.25, 0.3) is 11.8 Å². The minimum atomic E-state index is -0.655. The van der Waals surface area contributed by atoms with Crippen molar-refractivity contribution in [3.05, 3.63) is 95.7 Å². The molecule has 7 nitrogen and oxygen atoms in total. The first-order valence-electron chi connectivity index (χ1n) is 10.3. The SMILES string of the molecule is O=C(CN1C(=O)c2ccccc2N2C(=O)c3ccccc3C12)Nc1ccc2cc[nH]c2c1. The molecule has 7 heteroatoms. The van der Waals surface area contributed by atoms with E-state index in [4.69, 9.17) is 0 Å². The van der Waals surface area contributed by atoms with Crippen molar-refractivity contribution < 1.29 is 14.4 Å². The molecule has 0 saturated carbocycles. The van der Waals surface area contributed by atoms with E-state index >= 15 is 0 Å². The van der Waals surface area contributed by atoms with Crippen LogP contribution in [0.4, 0.5) is 11.4 Å². The van der Waals surface area contributed by atoms with Gasteiger partial charge in [0.15, 0.2) is 0 Å². The fraction of sp³-hybridized carbons (Fsp3) is 0.0800. The summed E-state index contributed by atoms with van der Waals surface area (Å²) in [6, 6.07) is 21.8. The van der Waals surface area contributed by atoms with E-state index in [1.54, 1.807) is 41.3 Å². The molecule has 0 saturated heterocycles. The number of H-pyrrole nitrogens is 1. The van der Waals surface area contributed by atoms with E-state index in [-0.39, 0.29) is 24.3 Å². The molecule has 1 aromatic heterocycles. The van der Waals surface area contributed by atoms with Gasteiger partial charge in [-0.1, -0.05) is 36.4 Å². The van der Waals surface area contributed by atoms with Crippen LogP contribution in [0.25, 0.3) is 10.9 Å². The summed E-state index contributed by atoms with van der Waals surface area (Å²) in [5, 5.41) is 3.92. The minimum absolute atomic E-state index is 0.173. The summed E-state index contributed by atoms with van der Waals surface area (Å²) in [5.41, 5.74) is 3.79. The Morgan fingerprint density at radius 1 is 0.906 bits per heavy atom. The van der Waals surface area contributed by atoms with E-state index in [0.29, 0.717) is 22.5 Å². The van der Waals surface area contributed by atoms with Crippen LogP contribution in [0.2, 0.25) is 0 Å². The molecule has 156 valence electrons. The molecule has 0 fully saturated rings. The average molecular weight is 422 g/mol. The standard InChI is InChI=1S/C25H18N4O3/c30-22(27-16-10-9-15-11-12-26-20(15)13-16)14-28-23-17-5-1-2-6-18(17)25(32)29(23)21-8-4-3-7-19(21)24(28)31/h1-13,23,26H,14H2,(H,27,30). The third-order valence-corrected chi connectivity index (χ3v) is 6.04. The number of carbonyl (C=O) groups excluding carboxylic acids is 3. The number of aromatic amines is 1. The Bertz CT molecular complexity index is 1420. The molecule has 6 rings (SSSR count). The van der Waals surface area contributed by atoms with Crippen molar-refractivity contribution in [3.63, 3.8) is 0 Å². The molecule has 32 heavy (non-hydrogen) atoms. The molecule has 4 aromatic rings. The lowest BCUT2D eigenvalue weighted by molar-refractivity contribution is -0.117. The molecule has 0 radical (unpaired) electrons. The second kappa shape index (κ2) is 6.81. The zero-order chi connectivity index (χ0) is 21.8. The summed E-state index contributed by atoms with van der Waals surface area (Å²) >= 11 is 0. The van der Waals surface area contributed by atoms with Crippen molar-refractivity contribution in [2.75, 3.05) is 16.8 Å². The molecule has 2 N–H and O–H groups in total. The van der Waals surface area contributed by atoms with Crippen LogP contribution in [0.1, 0.15) is 32.4 Å². The van der Waals surface area contributed by atoms with E-state index in [2.05, 4.69) is 10.3 Å². The highest BCUT2D eigenvalue weighted by Gasteiger charge is 2.48. The monoisotopic (exact) mass is 422 g/mol. The maximum Gasteiger partial charge on any atom is 0.260 e. The second-order valence-corrected chi connectivity index (χ2v) is 7.91. The maximum absolute atomic E-state index is 13.4. The zero-order valence-corrected chi connectivity index (χ0v) is 16.9. The molecule has 3 heterocycles. The van der Waals surface area contributed by atoms with Gasteiger partial charge in [0, 0.05) is 28.5 Å². The number of hydrogen-bond acceptors (Lipinski definition) is 3. The number of para-hydroxylation sites is 1. The highest BCUT2D eigenvalue weighted by Crippen LogP contribution is 2.44. The number of carbonyl (C=O) groups is 3. The lowest BCUT2D eigenvalue weighted by atomic mass is 10.0. The van der Waals surface area contributed by atoms with Crippen molar-refractivity contribution in [3.8, 4) is 0 Å². The topological polar surface area (TPSA) is 85.5 Å². The number of aromatic nitrogens is 1. The molecule has 3 aromatic carbocycles. The molecular formula is C25H18N4O3. The van der Waals surface area contributed by atoms with Crippen molar-refractivity contribution in [1.82, 2.24) is 9.88 Å². The minimum Gasteiger partial charge on any atom is -0.361 e. The molecule has 1 atom stereocenters. The van der Waals surface area contributed by atoms with Gasteiger partial charge in [-0.2, -0.15) is 0 Å². The van der Waals surface area contributed by atoms with Gasteiger partial charge >= 0.3 is 0 Å². The summed E-state index contributed by atoms with van der Waals surface area (Å²) in [7, 11) is 0. The van der Waals surface area contributed by atoms with Crippen molar-refractivity contribution in [2.24, 2.45) is 0 Å². The largest absolute Gasteiger partial charge is 0.361 e. The van der Waals surface area contributed by atoms with Crippen molar-refractivity contribution >= 4 is 40.0 Å². The molecule has 2 aliphatic rings. The fourth-order valence-electron chi connectivity index (χ4n) is 4.61. The smallest absolute Gasteiger partial charge is 0.260 e. The van der Waals surface area contributed by atoms with Crippen molar-refractivity contribution in [1.29, 1.82) is 0 Å². The van der Waals surface area contributed by atoms with E-state index in [1.165, 1.54) is 4.90 Å². The van der Waals surface area contributed by atoms with Gasteiger partial charge in [-0.15, -0.1) is 0 Å². The number of nitrogens with zero attached hydrogens (tertiary/aromatic N) is 2. The van der Waals surface area contributed by atoms with Crippen LogP contribution in [0.15, 0.2) is 79.0 Å². The summed E-state index contributed by atoms with van der Waals surface area (Å²) in [5.74, 6) is -0.783. The molecule has 1 unspecified atom stereocenters. The number of rotatable bonds is 3. The third kappa shape index (κ3) is 2.64. The van der Waals surface area contributed by atoms with Crippen LogP contribution in [-0.2, 0) is 4.79 Å². The molecule has 0 spiro atoms. The molecule has 0 aliphatic carbocycles. The molecule has 2 aliphatic heterocycles. The van der Waals surface area contributed by atoms with Crippen LogP contribution >= 0.6 is 0 Å². The van der Waals surface area contributed by atoms with E-state index in [0.717, 1.165) is 16.5 Å². The Kier molecular flexibility index (Phi) is 3.91. The van der Waals surface area contributed by atoms with Crippen LogP contribution in [0.3, 0.4) is 0 Å². The predicted molar refractivity (Wildman–Crippen MR) is 120 cm³/mol. The predicted octanol–water partition coefficient (Wildman–Crippen LogP) is 3.92. The van der Waals surface area contributed by atoms with Gasteiger partial charge < -0.3 is 15.2 Å². The Balaban J connectivity index is 1.36. The average Bonchev–Trinajstić information content (AvgIpc) is 3.39. The number of anilines is 2. The van der Waals surface area contributed by atoms with Crippen LogP contribution < -0.4 is 10.2 Å². The highest BCUT2D eigenvalue weighted by molar-refractivity contribution is 6.17. The highest BCUT2D eigenvalue weighted by atomic mass is 16.2. The summed E-state index contributed by atoms with van der Waals surface area (Å²) < 4.78 is 0. The normalized spacial score (nSPS) is 16.7. The van der Waals surface area contributed by atoms with Gasteiger partial charge in [0.05, 0.1) is 11.3 Å². The summed E-state index contributed by atoms with van der Waals surface area (Å²) in [6.07, 6.45) is 1.18. The quantitative estimate of drug-likeness (QED) is 0.525. The first-order valence-corrected chi connectivity index (χ1v) is 10.3. The Morgan fingerprint density at radius 3 is 2.56 bits per heavy atom. The number of fused-ring (bicyclic) bond motifs is 6. The van der Waals surface area contributed by atoms with Gasteiger partial charge in [-0.05, 0) is 41.8 Å². The lowest BCUT2D eigenvalue weighted by Crippen LogP contribution is -2.50. The zero-order valence-electron chi connectivity index (χ0n) is 16.9. The Hall–Kier alpha value is -4.39. The number of hydrogen-bond donors (Lipinski definition) is 2.